The molecule has 25 heavy (non-hydrogen) atoms. The van der Waals surface area contributed by atoms with Gasteiger partial charge < -0.3 is 20.5 Å². The second kappa shape index (κ2) is 10.7. The van der Waals surface area contributed by atoms with E-state index in [4.69, 9.17) is 26.8 Å². The van der Waals surface area contributed by atoms with Crippen LogP contribution in [0, 0.1) is 0 Å². The summed E-state index contributed by atoms with van der Waals surface area (Å²) in [5.41, 5.74) is 7.73. The number of nitrogens with one attached hydrogen (secondary N) is 1. The Hall–Kier alpha value is -1.19. The molecule has 0 aliphatic rings. The highest BCUT2D eigenvalue weighted by Crippen LogP contribution is 2.29. The summed E-state index contributed by atoms with van der Waals surface area (Å²) >= 11 is 9.55. The number of ether oxygens (including phenoxy) is 2. The minimum atomic E-state index is 0. The van der Waals surface area contributed by atoms with Gasteiger partial charge in [0.2, 0.25) is 0 Å². The summed E-state index contributed by atoms with van der Waals surface area (Å²) in [5, 5.41) is 3.52. The molecular formula is C17H20BrClIN3O2. The van der Waals surface area contributed by atoms with Gasteiger partial charge in [0.05, 0.1) is 23.7 Å². The molecule has 2 aromatic carbocycles. The molecule has 0 aliphatic carbocycles. The second-order valence-electron chi connectivity index (χ2n) is 4.92. The zero-order valence-electron chi connectivity index (χ0n) is 13.9. The van der Waals surface area contributed by atoms with Crippen molar-refractivity contribution >= 4 is 63.2 Å². The van der Waals surface area contributed by atoms with Crippen molar-refractivity contribution in [3.8, 4) is 11.5 Å². The fourth-order valence-corrected chi connectivity index (χ4v) is 3.03. The van der Waals surface area contributed by atoms with Crippen molar-refractivity contribution in [2.75, 3.05) is 26.1 Å². The van der Waals surface area contributed by atoms with Crippen LogP contribution in [-0.4, -0.2) is 26.7 Å². The van der Waals surface area contributed by atoms with Crippen LogP contribution in [0.2, 0.25) is 5.02 Å². The molecule has 0 aromatic heterocycles. The molecule has 5 nitrogen and oxygen atoms in total. The van der Waals surface area contributed by atoms with Crippen LogP contribution in [-0.2, 0) is 6.42 Å². The van der Waals surface area contributed by atoms with Crippen molar-refractivity contribution in [1.29, 1.82) is 0 Å². The third-order valence-electron chi connectivity index (χ3n) is 3.34. The summed E-state index contributed by atoms with van der Waals surface area (Å²) < 4.78 is 11.4. The third-order valence-corrected chi connectivity index (χ3v) is 4.26. The number of aliphatic imine (C=N–C) groups is 1. The number of rotatable bonds is 6. The van der Waals surface area contributed by atoms with Gasteiger partial charge in [-0.3, -0.25) is 4.99 Å². The van der Waals surface area contributed by atoms with E-state index in [9.17, 15) is 0 Å². The molecule has 0 spiro atoms. The predicted molar refractivity (Wildman–Crippen MR) is 118 cm³/mol. The van der Waals surface area contributed by atoms with Crippen LogP contribution in [0.4, 0.5) is 5.69 Å². The largest absolute Gasteiger partial charge is 0.495 e. The maximum atomic E-state index is 6.08. The number of halogens is 3. The van der Waals surface area contributed by atoms with Crippen LogP contribution in [0.1, 0.15) is 5.56 Å². The molecule has 0 amide bonds. The minimum absolute atomic E-state index is 0. The number of guanidine groups is 1. The first kappa shape index (κ1) is 21.9. The van der Waals surface area contributed by atoms with E-state index in [1.807, 2.05) is 24.3 Å². The van der Waals surface area contributed by atoms with E-state index in [1.54, 1.807) is 26.4 Å². The number of anilines is 1. The molecule has 0 radical (unpaired) electrons. The Bertz CT molecular complexity index is 744. The molecule has 2 rings (SSSR count). The number of para-hydroxylation sites is 1. The van der Waals surface area contributed by atoms with Gasteiger partial charge in [0.15, 0.2) is 5.96 Å². The lowest BCUT2D eigenvalue weighted by atomic mass is 10.1. The van der Waals surface area contributed by atoms with Crippen LogP contribution >= 0.6 is 51.5 Å². The molecular weight excluding hydrogens is 520 g/mol. The molecule has 0 saturated carbocycles. The number of nitrogens with zero attached hydrogens (tertiary/aromatic N) is 1. The summed E-state index contributed by atoms with van der Waals surface area (Å²) in [4.78, 5) is 4.33. The molecule has 0 fully saturated rings. The quantitative estimate of drug-likeness (QED) is 0.317. The van der Waals surface area contributed by atoms with E-state index >= 15 is 0 Å². The van der Waals surface area contributed by atoms with Crippen LogP contribution in [0.15, 0.2) is 45.9 Å². The van der Waals surface area contributed by atoms with Gasteiger partial charge in [-0.2, -0.15) is 0 Å². The molecule has 0 bridgehead atoms. The van der Waals surface area contributed by atoms with E-state index in [0.29, 0.717) is 29.7 Å². The lowest BCUT2D eigenvalue weighted by Gasteiger charge is -2.10. The van der Waals surface area contributed by atoms with Gasteiger partial charge in [0.1, 0.15) is 11.5 Å². The van der Waals surface area contributed by atoms with Gasteiger partial charge in [-0.1, -0.05) is 23.7 Å². The summed E-state index contributed by atoms with van der Waals surface area (Å²) in [6.45, 7) is 0.537. The van der Waals surface area contributed by atoms with Crippen molar-refractivity contribution in [2.45, 2.75) is 6.42 Å². The first-order valence-electron chi connectivity index (χ1n) is 7.27. The fraction of sp³-hybridized carbons (Fsp3) is 0.235. The smallest absolute Gasteiger partial charge is 0.193 e. The zero-order valence-corrected chi connectivity index (χ0v) is 18.6. The fourth-order valence-electron chi connectivity index (χ4n) is 2.21. The van der Waals surface area contributed by atoms with Crippen LogP contribution in [0.3, 0.4) is 0 Å². The molecule has 136 valence electrons. The molecule has 0 unspecified atom stereocenters. The zero-order chi connectivity index (χ0) is 17.5. The van der Waals surface area contributed by atoms with Crippen molar-refractivity contribution < 1.29 is 9.47 Å². The van der Waals surface area contributed by atoms with E-state index in [-0.39, 0.29) is 24.0 Å². The molecule has 2 aromatic rings. The van der Waals surface area contributed by atoms with E-state index in [1.165, 1.54) is 0 Å². The van der Waals surface area contributed by atoms with Gasteiger partial charge in [-0.05, 0) is 52.2 Å². The molecule has 0 heterocycles. The summed E-state index contributed by atoms with van der Waals surface area (Å²) in [6.07, 6.45) is 0.717. The summed E-state index contributed by atoms with van der Waals surface area (Å²) in [7, 11) is 3.22. The van der Waals surface area contributed by atoms with Crippen molar-refractivity contribution in [3.05, 3.63) is 51.5 Å². The highest BCUT2D eigenvalue weighted by atomic mass is 127. The van der Waals surface area contributed by atoms with Gasteiger partial charge in [-0.25, -0.2) is 0 Å². The second-order valence-corrected chi connectivity index (χ2v) is 6.19. The summed E-state index contributed by atoms with van der Waals surface area (Å²) in [6, 6.07) is 11.2. The summed E-state index contributed by atoms with van der Waals surface area (Å²) in [5.74, 6) is 1.76. The SMILES string of the molecule is COc1ccc(NC(N)=NCCc2cccc(Br)c2OC)cc1Cl.I. The number of hydrogen-bond donors (Lipinski definition) is 2. The topological polar surface area (TPSA) is 68.9 Å². The van der Waals surface area contributed by atoms with Gasteiger partial charge in [0.25, 0.3) is 0 Å². The standard InChI is InChI=1S/C17H19BrClN3O2.HI/c1-23-15-7-6-12(10-14(15)19)22-17(20)21-9-8-11-4-3-5-13(18)16(11)24-2;/h3-7,10H,8-9H2,1-2H3,(H3,20,21,22);1H. The highest BCUT2D eigenvalue weighted by molar-refractivity contribution is 14.0. The van der Waals surface area contributed by atoms with Crippen LogP contribution in [0.25, 0.3) is 0 Å². The number of benzene rings is 2. The molecule has 8 heteroatoms. The third kappa shape index (κ3) is 6.23. The lowest BCUT2D eigenvalue weighted by molar-refractivity contribution is 0.407. The van der Waals surface area contributed by atoms with Gasteiger partial charge >= 0.3 is 0 Å². The first-order chi connectivity index (χ1) is 11.5. The Morgan fingerprint density at radius 1 is 1.24 bits per heavy atom. The van der Waals surface area contributed by atoms with Crippen molar-refractivity contribution in [3.63, 3.8) is 0 Å². The number of methoxy groups -OCH3 is 2. The Morgan fingerprint density at radius 2 is 2.00 bits per heavy atom. The number of hydrogen-bond acceptors (Lipinski definition) is 3. The first-order valence-corrected chi connectivity index (χ1v) is 8.44. The Labute approximate surface area is 178 Å². The Balaban J connectivity index is 0.00000312. The van der Waals surface area contributed by atoms with Gasteiger partial charge in [0, 0.05) is 12.2 Å². The van der Waals surface area contributed by atoms with Gasteiger partial charge in [-0.15, -0.1) is 24.0 Å². The molecule has 0 aliphatic heterocycles. The van der Waals surface area contributed by atoms with Crippen molar-refractivity contribution in [2.24, 2.45) is 10.7 Å². The maximum absolute atomic E-state index is 6.08. The average molecular weight is 541 g/mol. The predicted octanol–water partition coefficient (Wildman–Crippen LogP) is 4.71. The van der Waals surface area contributed by atoms with Crippen LogP contribution < -0.4 is 20.5 Å². The average Bonchev–Trinajstić information content (AvgIpc) is 2.55. The Kier molecular flexibility index (Phi) is 9.37. The van der Waals surface area contributed by atoms with E-state index in [2.05, 4.69) is 26.2 Å². The van der Waals surface area contributed by atoms with E-state index in [0.717, 1.165) is 21.5 Å². The van der Waals surface area contributed by atoms with E-state index < -0.39 is 0 Å². The maximum Gasteiger partial charge on any atom is 0.193 e. The highest BCUT2D eigenvalue weighted by Gasteiger charge is 2.06. The van der Waals surface area contributed by atoms with Crippen molar-refractivity contribution in [1.82, 2.24) is 0 Å². The number of nitrogens with two attached hydrogens (primary N) is 1. The molecule has 0 atom stereocenters. The lowest BCUT2D eigenvalue weighted by Crippen LogP contribution is -2.23. The van der Waals surface area contributed by atoms with Crippen LogP contribution in [0.5, 0.6) is 11.5 Å². The molecule has 3 N–H and O–H groups in total. The molecule has 0 saturated heterocycles. The Morgan fingerprint density at radius 3 is 2.64 bits per heavy atom. The monoisotopic (exact) mass is 539 g/mol. The minimum Gasteiger partial charge on any atom is -0.495 e. The normalized spacial score (nSPS) is 10.8.